The Bertz CT molecular complexity index is 657. The summed E-state index contributed by atoms with van der Waals surface area (Å²) < 4.78 is 0. The van der Waals surface area contributed by atoms with Crippen LogP contribution in [0.25, 0.3) is 0 Å². The van der Waals surface area contributed by atoms with Crippen LogP contribution in [0.5, 0.6) is 5.75 Å². The van der Waals surface area contributed by atoms with E-state index in [2.05, 4.69) is 13.0 Å². The molecule has 0 aliphatic heterocycles. The number of aliphatic carboxylic acids is 1. The zero-order valence-corrected chi connectivity index (χ0v) is 16.4. The van der Waals surface area contributed by atoms with Crippen molar-refractivity contribution in [2.24, 2.45) is 17.3 Å². The molecular formula is C22H33NO3. The number of aryl methyl sites for hydroxylation is 1. The van der Waals surface area contributed by atoms with Crippen molar-refractivity contribution in [1.82, 2.24) is 4.90 Å². The molecule has 4 unspecified atom stereocenters. The first-order valence-electron chi connectivity index (χ1n) is 9.98. The molecule has 0 radical (unpaired) electrons. The number of likely N-dealkylation sites (N-methyl/N-ethyl adjacent to an activating group) is 1. The molecule has 26 heavy (non-hydrogen) atoms. The molecule has 2 N–H and O–H groups in total. The predicted molar refractivity (Wildman–Crippen MR) is 104 cm³/mol. The number of phenols is 1. The summed E-state index contributed by atoms with van der Waals surface area (Å²) in [6, 6.07) is 6.11. The zero-order chi connectivity index (χ0) is 18.9. The second-order valence-corrected chi connectivity index (χ2v) is 9.02. The number of aromatic hydroxyl groups is 1. The number of carboxylic acids is 1. The Kier molecular flexibility index (Phi) is 5.61. The fourth-order valence-electron chi connectivity index (χ4n) is 5.83. The van der Waals surface area contributed by atoms with Gasteiger partial charge in [0.25, 0.3) is 0 Å². The Morgan fingerprint density at radius 1 is 1.23 bits per heavy atom. The maximum atomic E-state index is 9.77. The highest BCUT2D eigenvalue weighted by Gasteiger charge is 2.50. The quantitative estimate of drug-likeness (QED) is 0.828. The van der Waals surface area contributed by atoms with Gasteiger partial charge in [-0.2, -0.15) is 0 Å². The first kappa shape index (κ1) is 19.2. The van der Waals surface area contributed by atoms with Gasteiger partial charge in [0.2, 0.25) is 0 Å². The van der Waals surface area contributed by atoms with Crippen LogP contribution in [0.15, 0.2) is 18.2 Å². The number of carbonyl (C=O) groups is 1. The molecule has 144 valence electrons. The van der Waals surface area contributed by atoms with E-state index in [0.717, 1.165) is 17.8 Å². The third-order valence-electron chi connectivity index (χ3n) is 6.94. The van der Waals surface area contributed by atoms with Crippen molar-refractivity contribution in [3.8, 4) is 5.75 Å². The van der Waals surface area contributed by atoms with Gasteiger partial charge in [0, 0.05) is 0 Å². The first-order valence-corrected chi connectivity index (χ1v) is 9.98. The highest BCUT2D eigenvalue weighted by atomic mass is 16.4. The first-order chi connectivity index (χ1) is 12.3. The molecule has 0 saturated heterocycles. The summed E-state index contributed by atoms with van der Waals surface area (Å²) >= 11 is 0. The maximum absolute atomic E-state index is 9.77. The molecular weight excluding hydrogens is 326 g/mol. The molecule has 3 aliphatic carbocycles. The standard InChI is InChI=1S/C18H24O.C4H9NO2/c1-18-9-2-3-17(18)16-6-4-12-11-13(19)5-7-14(12)15(16)8-10-18;1-5(2)3-4(6)7/h5,7,11,15-17,19H,2-4,6,8-10H2,1H3;3H2,1-2H3,(H,6,7). The predicted octanol–water partition coefficient (Wildman–Crippen LogP) is 4.27. The summed E-state index contributed by atoms with van der Waals surface area (Å²) in [4.78, 5) is 11.4. The molecule has 0 heterocycles. The van der Waals surface area contributed by atoms with Crippen LogP contribution in [-0.2, 0) is 11.2 Å². The van der Waals surface area contributed by atoms with Crippen LogP contribution in [0.3, 0.4) is 0 Å². The van der Waals surface area contributed by atoms with Crippen molar-refractivity contribution in [1.29, 1.82) is 0 Å². The lowest BCUT2D eigenvalue weighted by molar-refractivity contribution is -0.137. The number of hydrogen-bond acceptors (Lipinski definition) is 3. The number of benzene rings is 1. The van der Waals surface area contributed by atoms with Crippen LogP contribution < -0.4 is 0 Å². The van der Waals surface area contributed by atoms with Crippen LogP contribution in [0, 0.1) is 17.3 Å². The average Bonchev–Trinajstić information content (AvgIpc) is 2.95. The van der Waals surface area contributed by atoms with Gasteiger partial charge in [0.15, 0.2) is 0 Å². The molecule has 3 aliphatic rings. The van der Waals surface area contributed by atoms with Crippen molar-refractivity contribution >= 4 is 5.97 Å². The number of hydrogen-bond donors (Lipinski definition) is 2. The molecule has 4 rings (SSSR count). The fraction of sp³-hybridized carbons (Fsp3) is 0.682. The normalized spacial score (nSPS) is 32.1. The van der Waals surface area contributed by atoms with Crippen LogP contribution in [0.1, 0.15) is 62.5 Å². The van der Waals surface area contributed by atoms with E-state index in [9.17, 15) is 9.90 Å². The molecule has 2 fully saturated rings. The number of fused-ring (bicyclic) bond motifs is 5. The highest BCUT2D eigenvalue weighted by molar-refractivity contribution is 5.68. The third kappa shape index (κ3) is 3.90. The summed E-state index contributed by atoms with van der Waals surface area (Å²) in [6.07, 6.45) is 9.69. The minimum atomic E-state index is -0.787. The van der Waals surface area contributed by atoms with Gasteiger partial charge in [-0.1, -0.05) is 19.4 Å². The third-order valence-corrected chi connectivity index (χ3v) is 6.94. The monoisotopic (exact) mass is 359 g/mol. The Morgan fingerprint density at radius 2 is 2.00 bits per heavy atom. The Hall–Kier alpha value is -1.55. The van der Waals surface area contributed by atoms with Crippen molar-refractivity contribution < 1.29 is 15.0 Å². The van der Waals surface area contributed by atoms with Gasteiger partial charge in [-0.05, 0) is 99.0 Å². The highest BCUT2D eigenvalue weighted by Crippen LogP contribution is 2.60. The average molecular weight is 360 g/mol. The van der Waals surface area contributed by atoms with Gasteiger partial charge < -0.3 is 10.2 Å². The number of rotatable bonds is 2. The molecule has 4 atom stereocenters. The second kappa shape index (κ2) is 7.59. The van der Waals surface area contributed by atoms with E-state index in [1.54, 1.807) is 24.6 Å². The van der Waals surface area contributed by atoms with Crippen LogP contribution in [0.2, 0.25) is 0 Å². The molecule has 0 amide bonds. The second-order valence-electron chi connectivity index (χ2n) is 9.02. The molecule has 0 aromatic heterocycles. The Morgan fingerprint density at radius 3 is 2.65 bits per heavy atom. The maximum Gasteiger partial charge on any atom is 0.317 e. The molecule has 1 aromatic rings. The van der Waals surface area contributed by atoms with E-state index in [1.165, 1.54) is 50.5 Å². The van der Waals surface area contributed by atoms with E-state index >= 15 is 0 Å². The fourth-order valence-corrected chi connectivity index (χ4v) is 5.83. The number of nitrogens with zero attached hydrogens (tertiary/aromatic N) is 1. The van der Waals surface area contributed by atoms with Crippen LogP contribution in [0.4, 0.5) is 0 Å². The molecule has 2 saturated carbocycles. The summed E-state index contributed by atoms with van der Waals surface area (Å²) in [7, 11) is 3.43. The zero-order valence-electron chi connectivity index (χ0n) is 16.4. The van der Waals surface area contributed by atoms with Crippen molar-refractivity contribution in [2.75, 3.05) is 20.6 Å². The summed E-state index contributed by atoms with van der Waals surface area (Å²) in [5.41, 5.74) is 3.63. The van der Waals surface area contributed by atoms with Gasteiger partial charge in [0.05, 0.1) is 6.54 Å². The Labute approximate surface area is 157 Å². The van der Waals surface area contributed by atoms with Gasteiger partial charge in [-0.15, -0.1) is 0 Å². The molecule has 4 heteroatoms. The minimum absolute atomic E-state index is 0.111. The Balaban J connectivity index is 0.000000242. The van der Waals surface area contributed by atoms with E-state index in [4.69, 9.17) is 5.11 Å². The summed E-state index contributed by atoms with van der Waals surface area (Å²) in [5.74, 6) is 2.32. The topological polar surface area (TPSA) is 60.8 Å². The van der Waals surface area contributed by atoms with E-state index < -0.39 is 5.97 Å². The molecule has 0 bridgehead atoms. The summed E-state index contributed by atoms with van der Waals surface area (Å²) in [6.45, 7) is 2.66. The molecule has 1 aromatic carbocycles. The van der Waals surface area contributed by atoms with Crippen molar-refractivity contribution in [2.45, 2.75) is 57.8 Å². The van der Waals surface area contributed by atoms with Crippen LogP contribution in [-0.4, -0.2) is 41.7 Å². The molecule has 0 spiro atoms. The lowest BCUT2D eigenvalue weighted by Gasteiger charge is -2.49. The van der Waals surface area contributed by atoms with Gasteiger partial charge in [-0.3, -0.25) is 9.69 Å². The molecule has 4 nitrogen and oxygen atoms in total. The van der Waals surface area contributed by atoms with Gasteiger partial charge >= 0.3 is 5.97 Å². The SMILES string of the molecule is CC12CCCC1C1CCc3cc(O)ccc3C1CC2.CN(C)CC(=O)O. The largest absolute Gasteiger partial charge is 0.508 e. The van der Waals surface area contributed by atoms with E-state index in [1.807, 2.05) is 12.1 Å². The van der Waals surface area contributed by atoms with Gasteiger partial charge in [0.1, 0.15) is 5.75 Å². The lowest BCUT2D eigenvalue weighted by atomic mass is 9.56. The number of carboxylic acid groups (broad SMARTS) is 1. The van der Waals surface area contributed by atoms with E-state index in [0.29, 0.717) is 11.2 Å². The van der Waals surface area contributed by atoms with Crippen LogP contribution >= 0.6 is 0 Å². The minimum Gasteiger partial charge on any atom is -0.508 e. The van der Waals surface area contributed by atoms with Gasteiger partial charge in [-0.25, -0.2) is 0 Å². The smallest absolute Gasteiger partial charge is 0.317 e. The number of phenolic OH excluding ortho intramolecular Hbond substituents is 1. The van der Waals surface area contributed by atoms with Crippen molar-refractivity contribution in [3.63, 3.8) is 0 Å². The summed E-state index contributed by atoms with van der Waals surface area (Å²) in [5, 5.41) is 17.7. The van der Waals surface area contributed by atoms with E-state index in [-0.39, 0.29) is 6.54 Å². The van der Waals surface area contributed by atoms with Crippen molar-refractivity contribution in [3.05, 3.63) is 29.3 Å². The lowest BCUT2D eigenvalue weighted by Crippen LogP contribution is -2.39.